The fourth-order valence-electron chi connectivity index (χ4n) is 1.88. The third-order valence-corrected chi connectivity index (χ3v) is 4.83. The number of nitrogens with zero attached hydrogens (tertiary/aromatic N) is 1. The molecule has 0 aliphatic heterocycles. The smallest absolute Gasteiger partial charge is 0.226 e. The fourth-order valence-corrected chi connectivity index (χ4v) is 2.61. The number of ether oxygens (including phenoxy) is 1. The van der Waals surface area contributed by atoms with Crippen molar-refractivity contribution in [1.82, 2.24) is 10.2 Å². The highest BCUT2D eigenvalue weighted by atomic mass is 28.3. The summed E-state index contributed by atoms with van der Waals surface area (Å²) in [5.41, 5.74) is 2.30. The molecule has 1 unspecified atom stereocenters. The number of rotatable bonds is 5. The summed E-state index contributed by atoms with van der Waals surface area (Å²) in [6, 6.07) is 0.922. The van der Waals surface area contributed by atoms with E-state index in [4.69, 9.17) is 10.1 Å². The molecule has 0 aromatic carbocycles. The van der Waals surface area contributed by atoms with E-state index in [0.717, 1.165) is 17.3 Å². The lowest BCUT2D eigenvalue weighted by Gasteiger charge is -2.20. The zero-order valence-corrected chi connectivity index (χ0v) is 12.6. The number of nitrogens with one attached hydrogen (secondary N) is 2. The molecule has 1 heterocycles. The van der Waals surface area contributed by atoms with Gasteiger partial charge in [0.2, 0.25) is 6.36 Å². The lowest BCUT2D eigenvalue weighted by Crippen LogP contribution is -2.26. The summed E-state index contributed by atoms with van der Waals surface area (Å²) in [5.74, 6) is 0. The molecule has 1 aromatic rings. The molecule has 1 aliphatic carbocycles. The van der Waals surface area contributed by atoms with E-state index in [1.807, 2.05) is 0 Å². The maximum absolute atomic E-state index is 14.1. The van der Waals surface area contributed by atoms with E-state index in [-0.39, 0.29) is 5.71 Å². The summed E-state index contributed by atoms with van der Waals surface area (Å²) in [4.78, 5) is 0. The van der Waals surface area contributed by atoms with E-state index >= 15 is 0 Å². The van der Waals surface area contributed by atoms with Gasteiger partial charge in [-0.25, -0.2) is 4.39 Å². The number of fused-ring (bicyclic) bond motifs is 1. The van der Waals surface area contributed by atoms with Crippen LogP contribution in [0.25, 0.3) is 6.08 Å². The summed E-state index contributed by atoms with van der Waals surface area (Å²) in [6.07, 6.45) is 2.19. The monoisotopic (exact) mass is 281 g/mol. The van der Waals surface area contributed by atoms with Gasteiger partial charge in [-0.3, -0.25) is 5.10 Å². The van der Waals surface area contributed by atoms with Crippen LogP contribution in [-0.4, -0.2) is 36.9 Å². The van der Waals surface area contributed by atoms with Gasteiger partial charge in [-0.2, -0.15) is 5.10 Å². The van der Waals surface area contributed by atoms with E-state index in [9.17, 15) is 4.39 Å². The molecular weight excluding hydrogens is 261 g/mol. The first-order valence-electron chi connectivity index (χ1n) is 6.44. The molecule has 1 aromatic heterocycles. The van der Waals surface area contributed by atoms with Gasteiger partial charge in [-0.05, 0) is 12.1 Å². The Balaban J connectivity index is 1.99. The van der Waals surface area contributed by atoms with Gasteiger partial charge in [-0.15, -0.1) is 0 Å². The first-order valence-corrected chi connectivity index (χ1v) is 10.1. The molecule has 0 bridgehead atoms. The minimum absolute atomic E-state index is 0.261. The number of hydrogen-bond acceptors (Lipinski definition) is 3. The van der Waals surface area contributed by atoms with Crippen molar-refractivity contribution in [2.45, 2.75) is 38.5 Å². The Morgan fingerprint density at radius 1 is 1.53 bits per heavy atom. The van der Waals surface area contributed by atoms with Crippen molar-refractivity contribution in [3.63, 3.8) is 0 Å². The molecule has 1 atom stereocenters. The number of alkyl halides is 1. The second-order valence-corrected chi connectivity index (χ2v) is 11.7. The minimum Gasteiger partial charge on any atom is -0.345 e. The van der Waals surface area contributed by atoms with Crippen molar-refractivity contribution in [1.29, 1.82) is 5.41 Å². The molecule has 104 valence electrons. The Bertz CT molecular complexity index is 504. The third kappa shape index (κ3) is 3.60. The van der Waals surface area contributed by atoms with Crippen LogP contribution in [0.15, 0.2) is 11.8 Å². The number of halogens is 1. The van der Waals surface area contributed by atoms with Gasteiger partial charge in [-0.1, -0.05) is 19.6 Å². The Morgan fingerprint density at radius 3 is 2.95 bits per heavy atom. The molecule has 19 heavy (non-hydrogen) atoms. The zero-order chi connectivity index (χ0) is 14.0. The molecule has 2 rings (SSSR count). The maximum Gasteiger partial charge on any atom is 0.226 e. The first kappa shape index (κ1) is 14.1. The number of hydrogen-bond donors (Lipinski definition) is 2. The van der Waals surface area contributed by atoms with Gasteiger partial charge >= 0.3 is 0 Å². The topological polar surface area (TPSA) is 61.8 Å². The van der Waals surface area contributed by atoms with Crippen LogP contribution in [0, 0.1) is 5.41 Å². The first-order chi connectivity index (χ1) is 8.87. The van der Waals surface area contributed by atoms with Crippen LogP contribution in [-0.2, 0) is 11.2 Å². The molecule has 0 spiro atoms. The summed E-state index contributed by atoms with van der Waals surface area (Å²) in [5, 5.41) is 14.6. The molecule has 6 heteroatoms. The summed E-state index contributed by atoms with van der Waals surface area (Å²) < 4.78 is 19.3. The van der Waals surface area contributed by atoms with Gasteiger partial charge in [0.1, 0.15) is 0 Å². The fraction of sp³-hybridized carbons (Fsp3) is 0.538. The average Bonchev–Trinajstić information content (AvgIpc) is 2.72. The van der Waals surface area contributed by atoms with Crippen LogP contribution in [0.4, 0.5) is 4.39 Å². The van der Waals surface area contributed by atoms with Crippen molar-refractivity contribution in [3.05, 3.63) is 23.0 Å². The number of aromatic nitrogens is 2. The summed E-state index contributed by atoms with van der Waals surface area (Å²) in [7, 11) is -1.22. The predicted molar refractivity (Wildman–Crippen MR) is 77.0 cm³/mol. The predicted octanol–water partition coefficient (Wildman–Crippen LogP) is 3.02. The standard InChI is InChI=1S/C13H20FN3OSi/c1-19(2,3)5-4-18-13(14)10-6-9-8-16-17-12(9)7-11(10)15/h6,8,13,15H,4-5,7H2,1-3H3,(H,16,17). The van der Waals surface area contributed by atoms with E-state index in [1.54, 1.807) is 12.3 Å². The lowest BCUT2D eigenvalue weighted by molar-refractivity contribution is -0.000178. The van der Waals surface area contributed by atoms with E-state index in [2.05, 4.69) is 29.8 Å². The molecule has 4 nitrogen and oxygen atoms in total. The maximum atomic E-state index is 14.1. The third-order valence-electron chi connectivity index (χ3n) is 3.13. The van der Waals surface area contributed by atoms with Crippen molar-refractivity contribution in [2.24, 2.45) is 0 Å². The second kappa shape index (κ2) is 5.38. The number of H-pyrrole nitrogens is 1. The van der Waals surface area contributed by atoms with Crippen LogP contribution in [0.3, 0.4) is 0 Å². The molecule has 0 fully saturated rings. The van der Waals surface area contributed by atoms with Crippen LogP contribution in [0.2, 0.25) is 25.7 Å². The van der Waals surface area contributed by atoms with Crippen molar-refractivity contribution in [3.8, 4) is 0 Å². The Labute approximate surface area is 113 Å². The molecular formula is C13H20FN3OSi. The zero-order valence-electron chi connectivity index (χ0n) is 11.6. The van der Waals surface area contributed by atoms with Gasteiger partial charge in [0.15, 0.2) is 0 Å². The lowest BCUT2D eigenvalue weighted by atomic mass is 9.96. The normalized spacial score (nSPS) is 17.1. The Hall–Kier alpha value is -1.27. The molecule has 2 N–H and O–H groups in total. The van der Waals surface area contributed by atoms with Crippen LogP contribution >= 0.6 is 0 Å². The Morgan fingerprint density at radius 2 is 2.26 bits per heavy atom. The Kier molecular flexibility index (Phi) is 4.01. The van der Waals surface area contributed by atoms with E-state index < -0.39 is 14.4 Å². The molecule has 0 radical (unpaired) electrons. The second-order valence-electron chi connectivity index (χ2n) is 6.06. The SMILES string of the molecule is C[Si](C)(C)CCOC(F)C1=Cc2cn[nH]c2CC1=N. The van der Waals surface area contributed by atoms with Gasteiger partial charge in [0.05, 0.1) is 6.20 Å². The summed E-state index contributed by atoms with van der Waals surface area (Å²) >= 11 is 0. The number of aromatic amines is 1. The molecule has 0 saturated heterocycles. The highest BCUT2D eigenvalue weighted by Crippen LogP contribution is 2.24. The van der Waals surface area contributed by atoms with Crippen molar-refractivity contribution >= 4 is 19.9 Å². The van der Waals surface area contributed by atoms with E-state index in [1.165, 1.54) is 0 Å². The molecule has 0 saturated carbocycles. The van der Waals surface area contributed by atoms with Crippen molar-refractivity contribution < 1.29 is 9.13 Å². The minimum atomic E-state index is -1.51. The van der Waals surface area contributed by atoms with Crippen LogP contribution < -0.4 is 0 Å². The van der Waals surface area contributed by atoms with Gasteiger partial charge in [0, 0.05) is 43.6 Å². The van der Waals surface area contributed by atoms with Crippen LogP contribution in [0.1, 0.15) is 11.3 Å². The molecule has 1 aliphatic rings. The largest absolute Gasteiger partial charge is 0.345 e. The van der Waals surface area contributed by atoms with Crippen LogP contribution in [0.5, 0.6) is 0 Å². The van der Waals surface area contributed by atoms with Gasteiger partial charge < -0.3 is 10.1 Å². The van der Waals surface area contributed by atoms with Gasteiger partial charge in [0.25, 0.3) is 0 Å². The highest BCUT2D eigenvalue weighted by molar-refractivity contribution is 6.76. The average molecular weight is 281 g/mol. The summed E-state index contributed by atoms with van der Waals surface area (Å²) in [6.45, 7) is 7.09. The quantitative estimate of drug-likeness (QED) is 0.815. The van der Waals surface area contributed by atoms with Crippen molar-refractivity contribution in [2.75, 3.05) is 6.61 Å². The highest BCUT2D eigenvalue weighted by Gasteiger charge is 2.24. The van der Waals surface area contributed by atoms with E-state index in [0.29, 0.717) is 18.6 Å². The molecule has 0 amide bonds.